The number of rotatable bonds is 6. The molecule has 128 valence electrons. The fraction of sp³-hybridized carbons (Fsp3) is 0.222. The van der Waals surface area contributed by atoms with Gasteiger partial charge in [-0.3, -0.25) is 4.79 Å². The maximum Gasteiger partial charge on any atom is 0.276 e. The van der Waals surface area contributed by atoms with E-state index in [0.29, 0.717) is 5.82 Å². The van der Waals surface area contributed by atoms with Gasteiger partial charge in [-0.05, 0) is 37.6 Å². The van der Waals surface area contributed by atoms with E-state index in [4.69, 9.17) is 0 Å². The zero-order valence-corrected chi connectivity index (χ0v) is 14.9. The number of aryl methyl sites for hydroxylation is 1. The fourth-order valence-electron chi connectivity index (χ4n) is 2.22. The van der Waals surface area contributed by atoms with Crippen molar-refractivity contribution in [1.29, 1.82) is 0 Å². The Hall–Kier alpha value is -2.80. The van der Waals surface area contributed by atoms with Crippen LogP contribution in [0.25, 0.3) is 0 Å². The van der Waals surface area contributed by atoms with Crippen molar-refractivity contribution < 1.29 is 4.79 Å². The second kappa shape index (κ2) is 7.85. The third kappa shape index (κ3) is 4.39. The molecule has 25 heavy (non-hydrogen) atoms. The minimum absolute atomic E-state index is 0.0311. The van der Waals surface area contributed by atoms with E-state index in [1.54, 1.807) is 23.5 Å². The van der Waals surface area contributed by atoms with E-state index in [2.05, 4.69) is 32.7 Å². The average Bonchev–Trinajstić information content (AvgIpc) is 3.12. The van der Waals surface area contributed by atoms with E-state index in [-0.39, 0.29) is 17.6 Å². The summed E-state index contributed by atoms with van der Waals surface area (Å²) in [6, 6.07) is 12.7. The van der Waals surface area contributed by atoms with Crippen LogP contribution in [0, 0.1) is 0 Å². The van der Waals surface area contributed by atoms with E-state index in [9.17, 15) is 4.79 Å². The molecule has 2 heterocycles. The number of anilines is 2. The van der Waals surface area contributed by atoms with Gasteiger partial charge in [-0.2, -0.15) is 0 Å². The lowest BCUT2D eigenvalue weighted by Gasteiger charge is -2.11. The molecule has 0 saturated carbocycles. The quantitative estimate of drug-likeness (QED) is 0.702. The standard InChI is InChI=1S/C18H19N5OS/c1-3-14-11-19-18(25-14)12(2)20-16-10-9-15(22-23-16)17(24)21-13-7-5-4-6-8-13/h4-12H,3H2,1-2H3,(H,20,23)(H,21,24). The first kappa shape index (κ1) is 17.0. The molecule has 1 aromatic carbocycles. The van der Waals surface area contributed by atoms with Gasteiger partial charge in [0.15, 0.2) is 5.69 Å². The molecule has 0 aliphatic carbocycles. The van der Waals surface area contributed by atoms with Crippen LogP contribution in [-0.4, -0.2) is 21.1 Å². The summed E-state index contributed by atoms with van der Waals surface area (Å²) in [6.45, 7) is 4.13. The molecule has 3 aromatic rings. The Balaban J connectivity index is 1.62. The number of para-hydroxylation sites is 1. The average molecular weight is 353 g/mol. The first-order valence-corrected chi connectivity index (χ1v) is 8.88. The number of nitrogens with zero attached hydrogens (tertiary/aromatic N) is 3. The van der Waals surface area contributed by atoms with Gasteiger partial charge in [-0.25, -0.2) is 4.98 Å². The number of thiazole rings is 1. The maximum absolute atomic E-state index is 12.2. The Labute approximate surface area is 150 Å². The number of aromatic nitrogens is 3. The number of carbonyl (C=O) groups excluding carboxylic acids is 1. The number of benzene rings is 1. The number of hydrogen-bond donors (Lipinski definition) is 2. The summed E-state index contributed by atoms with van der Waals surface area (Å²) in [5.41, 5.74) is 0.991. The number of carbonyl (C=O) groups is 1. The molecular formula is C18H19N5OS. The highest BCUT2D eigenvalue weighted by Crippen LogP contribution is 2.23. The Morgan fingerprint density at radius 3 is 2.60 bits per heavy atom. The molecule has 0 aliphatic rings. The van der Waals surface area contributed by atoms with Crippen molar-refractivity contribution in [3.63, 3.8) is 0 Å². The number of hydrogen-bond acceptors (Lipinski definition) is 6. The lowest BCUT2D eigenvalue weighted by atomic mass is 10.3. The smallest absolute Gasteiger partial charge is 0.276 e. The van der Waals surface area contributed by atoms with Gasteiger partial charge < -0.3 is 10.6 Å². The van der Waals surface area contributed by atoms with Gasteiger partial charge in [-0.15, -0.1) is 21.5 Å². The minimum Gasteiger partial charge on any atom is -0.360 e. The topological polar surface area (TPSA) is 79.8 Å². The van der Waals surface area contributed by atoms with Crippen molar-refractivity contribution in [2.75, 3.05) is 10.6 Å². The summed E-state index contributed by atoms with van der Waals surface area (Å²) >= 11 is 1.68. The molecule has 0 bridgehead atoms. The molecule has 3 rings (SSSR count). The van der Waals surface area contributed by atoms with Crippen LogP contribution in [0.3, 0.4) is 0 Å². The van der Waals surface area contributed by atoms with Crippen molar-refractivity contribution in [2.24, 2.45) is 0 Å². The summed E-state index contributed by atoms with van der Waals surface area (Å²) in [7, 11) is 0. The van der Waals surface area contributed by atoms with E-state index in [1.165, 1.54) is 4.88 Å². The van der Waals surface area contributed by atoms with Crippen LogP contribution in [0.5, 0.6) is 0 Å². The lowest BCUT2D eigenvalue weighted by Crippen LogP contribution is -2.15. The van der Waals surface area contributed by atoms with Gasteiger partial charge in [0.05, 0.1) is 6.04 Å². The molecule has 0 aliphatic heterocycles. The molecule has 2 N–H and O–H groups in total. The summed E-state index contributed by atoms with van der Waals surface area (Å²) in [6.07, 6.45) is 2.89. The highest BCUT2D eigenvalue weighted by molar-refractivity contribution is 7.11. The summed E-state index contributed by atoms with van der Waals surface area (Å²) in [4.78, 5) is 17.8. The summed E-state index contributed by atoms with van der Waals surface area (Å²) in [5, 5.41) is 15.1. The Bertz CT molecular complexity index is 832. The molecule has 0 spiro atoms. The van der Waals surface area contributed by atoms with Gasteiger partial charge in [0.25, 0.3) is 5.91 Å². The molecule has 0 fully saturated rings. The second-order valence-corrected chi connectivity index (χ2v) is 6.66. The van der Waals surface area contributed by atoms with Crippen LogP contribution < -0.4 is 10.6 Å². The van der Waals surface area contributed by atoms with Crippen LogP contribution in [0.2, 0.25) is 0 Å². The largest absolute Gasteiger partial charge is 0.360 e. The normalized spacial score (nSPS) is 11.8. The van der Waals surface area contributed by atoms with Crippen LogP contribution in [0.15, 0.2) is 48.7 Å². The molecule has 6 nitrogen and oxygen atoms in total. The lowest BCUT2D eigenvalue weighted by molar-refractivity contribution is 0.102. The molecule has 1 amide bonds. The number of amides is 1. The molecular weight excluding hydrogens is 334 g/mol. The van der Waals surface area contributed by atoms with Crippen molar-refractivity contribution in [1.82, 2.24) is 15.2 Å². The third-order valence-corrected chi connectivity index (χ3v) is 4.91. The van der Waals surface area contributed by atoms with Crippen LogP contribution in [-0.2, 0) is 6.42 Å². The molecule has 1 atom stereocenters. The SMILES string of the molecule is CCc1cnc(C(C)Nc2ccc(C(=O)Nc3ccccc3)nn2)s1. The Kier molecular flexibility index (Phi) is 5.35. The van der Waals surface area contributed by atoms with Crippen molar-refractivity contribution in [3.05, 3.63) is 64.2 Å². The fourth-order valence-corrected chi connectivity index (χ4v) is 3.08. The third-order valence-electron chi connectivity index (χ3n) is 3.58. The molecule has 1 unspecified atom stereocenters. The van der Waals surface area contributed by atoms with E-state index in [0.717, 1.165) is 17.1 Å². The molecule has 0 saturated heterocycles. The molecule has 0 radical (unpaired) electrons. The number of nitrogens with one attached hydrogen (secondary N) is 2. The minimum atomic E-state index is -0.286. The van der Waals surface area contributed by atoms with E-state index < -0.39 is 0 Å². The summed E-state index contributed by atoms with van der Waals surface area (Å²) < 4.78 is 0. The van der Waals surface area contributed by atoms with Crippen molar-refractivity contribution >= 4 is 28.7 Å². The highest BCUT2D eigenvalue weighted by atomic mass is 32.1. The van der Waals surface area contributed by atoms with Gasteiger partial charge in [0.2, 0.25) is 0 Å². The van der Waals surface area contributed by atoms with Crippen LogP contribution in [0.4, 0.5) is 11.5 Å². The van der Waals surface area contributed by atoms with E-state index in [1.807, 2.05) is 43.5 Å². The zero-order chi connectivity index (χ0) is 17.6. The monoisotopic (exact) mass is 353 g/mol. The van der Waals surface area contributed by atoms with Crippen LogP contribution in [0.1, 0.15) is 40.3 Å². The van der Waals surface area contributed by atoms with Crippen molar-refractivity contribution in [3.8, 4) is 0 Å². The van der Waals surface area contributed by atoms with Crippen LogP contribution >= 0.6 is 11.3 Å². The summed E-state index contributed by atoms with van der Waals surface area (Å²) in [5.74, 6) is 0.322. The maximum atomic E-state index is 12.2. The molecule has 2 aromatic heterocycles. The molecule has 7 heteroatoms. The first-order chi connectivity index (χ1) is 12.2. The Morgan fingerprint density at radius 1 is 1.16 bits per heavy atom. The van der Waals surface area contributed by atoms with Gasteiger partial charge in [0.1, 0.15) is 10.8 Å². The predicted molar refractivity (Wildman–Crippen MR) is 100.0 cm³/mol. The zero-order valence-electron chi connectivity index (χ0n) is 14.1. The highest BCUT2D eigenvalue weighted by Gasteiger charge is 2.12. The van der Waals surface area contributed by atoms with Gasteiger partial charge in [-0.1, -0.05) is 25.1 Å². The predicted octanol–water partition coefficient (Wildman–Crippen LogP) is 3.92. The second-order valence-electron chi connectivity index (χ2n) is 5.51. The Morgan fingerprint density at radius 2 is 1.96 bits per heavy atom. The van der Waals surface area contributed by atoms with E-state index >= 15 is 0 Å². The van der Waals surface area contributed by atoms with Gasteiger partial charge >= 0.3 is 0 Å². The first-order valence-electron chi connectivity index (χ1n) is 8.07. The van der Waals surface area contributed by atoms with Crippen molar-refractivity contribution in [2.45, 2.75) is 26.3 Å². The van der Waals surface area contributed by atoms with Gasteiger partial charge in [0, 0.05) is 16.8 Å².